The van der Waals surface area contributed by atoms with E-state index >= 15 is 0 Å². The third-order valence-corrected chi connectivity index (χ3v) is 4.62. The maximum atomic E-state index is 5.25. The van der Waals surface area contributed by atoms with Gasteiger partial charge in [-0.15, -0.1) is 10.2 Å². The van der Waals surface area contributed by atoms with Crippen molar-refractivity contribution >= 4 is 17.2 Å². The van der Waals surface area contributed by atoms with Crippen LogP contribution in [0.2, 0.25) is 0 Å². The van der Waals surface area contributed by atoms with Gasteiger partial charge in [-0.05, 0) is 73.5 Å². The number of ether oxygens (including phenoxy) is 1. The summed E-state index contributed by atoms with van der Waals surface area (Å²) in [6, 6.07) is 19.8. The van der Waals surface area contributed by atoms with Crippen molar-refractivity contribution in [2.24, 2.45) is 10.2 Å². The highest BCUT2D eigenvalue weighted by Crippen LogP contribution is 2.33. The number of methoxy groups -OCH3 is 1. The lowest BCUT2D eigenvalue weighted by atomic mass is 10.1. The number of hydrogen-bond donors (Lipinski definition) is 0. The highest BCUT2D eigenvalue weighted by Gasteiger charge is 2.14. The Hall–Kier alpha value is -3.47. The molecule has 0 aliphatic heterocycles. The summed E-state index contributed by atoms with van der Waals surface area (Å²) in [5.41, 5.74) is 5.84. The zero-order chi connectivity index (χ0) is 18.8. The number of pyridine rings is 1. The standard InChI is InChI=1S/C22H20N4O/c1-15-7-10-18(14-16(15)2)24-25-22-21(17-8-11-19(27-3)12-9-17)23-20-6-4-5-13-26(20)22/h4-14H,1-3H3. The summed E-state index contributed by atoms with van der Waals surface area (Å²) in [5, 5.41) is 9.01. The number of rotatable bonds is 4. The van der Waals surface area contributed by atoms with Crippen LogP contribution in [0.1, 0.15) is 11.1 Å². The smallest absolute Gasteiger partial charge is 0.187 e. The first-order valence-corrected chi connectivity index (χ1v) is 8.76. The van der Waals surface area contributed by atoms with E-state index in [-0.39, 0.29) is 0 Å². The van der Waals surface area contributed by atoms with Crippen LogP contribution in [0.4, 0.5) is 11.5 Å². The summed E-state index contributed by atoms with van der Waals surface area (Å²) in [6.07, 6.45) is 1.95. The second-order valence-electron chi connectivity index (χ2n) is 6.41. The Morgan fingerprint density at radius 1 is 0.889 bits per heavy atom. The van der Waals surface area contributed by atoms with E-state index in [9.17, 15) is 0 Å². The van der Waals surface area contributed by atoms with Gasteiger partial charge in [-0.25, -0.2) is 4.98 Å². The lowest BCUT2D eigenvalue weighted by molar-refractivity contribution is 0.415. The van der Waals surface area contributed by atoms with Crippen LogP contribution in [-0.4, -0.2) is 16.5 Å². The molecule has 0 saturated heterocycles. The van der Waals surface area contributed by atoms with Crippen LogP contribution in [0.5, 0.6) is 5.75 Å². The van der Waals surface area contributed by atoms with Crippen molar-refractivity contribution < 1.29 is 4.74 Å². The SMILES string of the molecule is COc1ccc(-c2nc3ccccn3c2N=Nc2ccc(C)c(C)c2)cc1. The van der Waals surface area contributed by atoms with E-state index < -0.39 is 0 Å². The number of aryl methyl sites for hydroxylation is 2. The van der Waals surface area contributed by atoms with E-state index in [4.69, 9.17) is 9.72 Å². The molecule has 2 aromatic carbocycles. The van der Waals surface area contributed by atoms with Crippen LogP contribution < -0.4 is 4.74 Å². The maximum Gasteiger partial charge on any atom is 0.187 e. The van der Waals surface area contributed by atoms with Crippen LogP contribution >= 0.6 is 0 Å². The number of azo groups is 1. The minimum atomic E-state index is 0.703. The topological polar surface area (TPSA) is 51.2 Å². The fourth-order valence-electron chi connectivity index (χ4n) is 2.91. The van der Waals surface area contributed by atoms with Gasteiger partial charge in [-0.1, -0.05) is 12.1 Å². The van der Waals surface area contributed by atoms with E-state index in [1.54, 1.807) is 7.11 Å². The van der Waals surface area contributed by atoms with Crippen molar-refractivity contribution in [1.29, 1.82) is 0 Å². The van der Waals surface area contributed by atoms with E-state index in [0.29, 0.717) is 5.82 Å². The predicted molar refractivity (Wildman–Crippen MR) is 107 cm³/mol. The van der Waals surface area contributed by atoms with Crippen molar-refractivity contribution in [1.82, 2.24) is 9.38 Å². The monoisotopic (exact) mass is 356 g/mol. The van der Waals surface area contributed by atoms with Crippen LogP contribution in [0, 0.1) is 13.8 Å². The molecule has 2 aromatic heterocycles. The van der Waals surface area contributed by atoms with Gasteiger partial charge in [-0.2, -0.15) is 0 Å². The molecule has 5 nitrogen and oxygen atoms in total. The Labute approximate surface area is 158 Å². The Balaban J connectivity index is 1.82. The first kappa shape index (κ1) is 17.0. The molecule has 4 aromatic rings. The second kappa shape index (κ2) is 7.03. The van der Waals surface area contributed by atoms with Crippen molar-refractivity contribution in [3.8, 4) is 17.0 Å². The van der Waals surface area contributed by atoms with Gasteiger partial charge in [0.05, 0.1) is 12.8 Å². The molecule has 5 heteroatoms. The Morgan fingerprint density at radius 3 is 2.44 bits per heavy atom. The number of hydrogen-bond acceptors (Lipinski definition) is 4. The molecule has 0 unspecified atom stereocenters. The van der Waals surface area contributed by atoms with Crippen molar-refractivity contribution in [2.45, 2.75) is 13.8 Å². The molecule has 0 aliphatic carbocycles. The molecule has 0 atom stereocenters. The van der Waals surface area contributed by atoms with Gasteiger partial charge < -0.3 is 4.74 Å². The molecule has 0 fully saturated rings. The van der Waals surface area contributed by atoms with Crippen LogP contribution in [0.25, 0.3) is 16.9 Å². The van der Waals surface area contributed by atoms with Gasteiger partial charge in [0.2, 0.25) is 0 Å². The summed E-state index contributed by atoms with van der Waals surface area (Å²) in [6.45, 7) is 4.16. The molecule has 0 bridgehead atoms. The average Bonchev–Trinajstić information content (AvgIpc) is 3.07. The quantitative estimate of drug-likeness (QED) is 0.418. The first-order valence-electron chi connectivity index (χ1n) is 8.76. The molecule has 0 radical (unpaired) electrons. The highest BCUT2D eigenvalue weighted by atomic mass is 16.5. The molecule has 27 heavy (non-hydrogen) atoms. The molecular weight excluding hydrogens is 336 g/mol. The van der Waals surface area contributed by atoms with E-state index in [2.05, 4.69) is 30.1 Å². The Morgan fingerprint density at radius 2 is 1.70 bits per heavy atom. The van der Waals surface area contributed by atoms with E-state index in [1.165, 1.54) is 11.1 Å². The number of imidazole rings is 1. The Bertz CT molecular complexity index is 1130. The van der Waals surface area contributed by atoms with Gasteiger partial charge >= 0.3 is 0 Å². The third-order valence-electron chi connectivity index (χ3n) is 4.62. The molecule has 2 heterocycles. The molecular formula is C22H20N4O. The van der Waals surface area contributed by atoms with Crippen LogP contribution in [0.15, 0.2) is 77.1 Å². The minimum absolute atomic E-state index is 0.703. The summed E-state index contributed by atoms with van der Waals surface area (Å²) in [7, 11) is 1.66. The molecule has 0 spiro atoms. The molecule has 0 amide bonds. The zero-order valence-corrected chi connectivity index (χ0v) is 15.5. The van der Waals surface area contributed by atoms with Crippen molar-refractivity contribution in [3.05, 3.63) is 78.0 Å². The fourth-order valence-corrected chi connectivity index (χ4v) is 2.91. The summed E-state index contributed by atoms with van der Waals surface area (Å²) >= 11 is 0. The normalized spacial score (nSPS) is 11.4. The summed E-state index contributed by atoms with van der Waals surface area (Å²) in [5.74, 6) is 1.51. The average molecular weight is 356 g/mol. The number of aromatic nitrogens is 2. The summed E-state index contributed by atoms with van der Waals surface area (Å²) in [4.78, 5) is 4.75. The van der Waals surface area contributed by atoms with Crippen LogP contribution in [0.3, 0.4) is 0 Å². The van der Waals surface area contributed by atoms with E-state index in [0.717, 1.165) is 28.3 Å². The minimum Gasteiger partial charge on any atom is -0.497 e. The molecule has 0 N–H and O–H groups in total. The van der Waals surface area contributed by atoms with Gasteiger partial charge in [0.25, 0.3) is 0 Å². The number of fused-ring (bicyclic) bond motifs is 1. The lowest BCUT2D eigenvalue weighted by Crippen LogP contribution is -1.84. The Kier molecular flexibility index (Phi) is 4.42. The van der Waals surface area contributed by atoms with Gasteiger partial charge in [0, 0.05) is 11.8 Å². The highest BCUT2D eigenvalue weighted by molar-refractivity contribution is 5.74. The van der Waals surface area contributed by atoms with Gasteiger partial charge in [0.1, 0.15) is 17.1 Å². The van der Waals surface area contributed by atoms with Crippen LogP contribution in [-0.2, 0) is 0 Å². The molecule has 0 aliphatic rings. The third kappa shape index (κ3) is 3.31. The maximum absolute atomic E-state index is 5.25. The molecule has 4 rings (SSSR count). The lowest BCUT2D eigenvalue weighted by Gasteiger charge is -2.03. The van der Waals surface area contributed by atoms with Crippen molar-refractivity contribution in [3.63, 3.8) is 0 Å². The summed E-state index contributed by atoms with van der Waals surface area (Å²) < 4.78 is 7.20. The number of benzene rings is 2. The zero-order valence-electron chi connectivity index (χ0n) is 15.5. The number of nitrogens with zero attached hydrogens (tertiary/aromatic N) is 4. The van der Waals surface area contributed by atoms with Crippen molar-refractivity contribution in [2.75, 3.05) is 7.11 Å². The van der Waals surface area contributed by atoms with Gasteiger partial charge in [0.15, 0.2) is 5.82 Å². The van der Waals surface area contributed by atoms with Gasteiger partial charge in [-0.3, -0.25) is 4.40 Å². The first-order chi connectivity index (χ1) is 13.2. The largest absolute Gasteiger partial charge is 0.497 e. The predicted octanol–water partition coefficient (Wildman–Crippen LogP) is 6.04. The molecule has 134 valence electrons. The van der Waals surface area contributed by atoms with E-state index in [1.807, 2.05) is 65.2 Å². The fraction of sp³-hybridized carbons (Fsp3) is 0.136. The second-order valence-corrected chi connectivity index (χ2v) is 6.41. The molecule has 0 saturated carbocycles.